The van der Waals surface area contributed by atoms with Crippen LogP contribution in [0.5, 0.6) is 0 Å². The van der Waals surface area contributed by atoms with Crippen LogP contribution >= 0.6 is 11.6 Å². The molecule has 0 radical (unpaired) electrons. The third kappa shape index (κ3) is 2.76. The molecule has 3 atom stereocenters. The van der Waals surface area contributed by atoms with Crippen LogP contribution in [0.2, 0.25) is 5.02 Å². The molecule has 1 spiro atoms. The van der Waals surface area contributed by atoms with Gasteiger partial charge in [-0.05, 0) is 54.8 Å². The highest BCUT2D eigenvalue weighted by Crippen LogP contribution is 2.53. The van der Waals surface area contributed by atoms with E-state index in [9.17, 15) is 0 Å². The number of hydrogen-bond donors (Lipinski definition) is 1. The smallest absolute Gasteiger partial charge is 0.0406 e. The summed E-state index contributed by atoms with van der Waals surface area (Å²) in [5.74, 6) is 1.61. The van der Waals surface area contributed by atoms with Crippen LogP contribution in [0.3, 0.4) is 0 Å². The topological polar surface area (TPSA) is 12.0 Å². The second kappa shape index (κ2) is 6.07. The van der Waals surface area contributed by atoms with Crippen LogP contribution in [0.25, 0.3) is 0 Å². The lowest BCUT2D eigenvalue weighted by atomic mass is 9.58. The van der Waals surface area contributed by atoms with Crippen molar-refractivity contribution < 1.29 is 0 Å². The van der Waals surface area contributed by atoms with E-state index in [0.717, 1.165) is 17.5 Å². The third-order valence-corrected chi connectivity index (χ3v) is 5.97. The van der Waals surface area contributed by atoms with Crippen molar-refractivity contribution in [3.63, 3.8) is 0 Å². The summed E-state index contributed by atoms with van der Waals surface area (Å²) in [5.41, 5.74) is 2.02. The molecule has 1 heterocycles. The van der Waals surface area contributed by atoms with Crippen LogP contribution in [-0.4, -0.2) is 13.1 Å². The summed E-state index contributed by atoms with van der Waals surface area (Å²) in [4.78, 5) is 0. The van der Waals surface area contributed by atoms with Crippen LogP contribution < -0.4 is 5.32 Å². The van der Waals surface area contributed by atoms with E-state index < -0.39 is 0 Å². The van der Waals surface area contributed by atoms with E-state index >= 15 is 0 Å². The van der Waals surface area contributed by atoms with Crippen molar-refractivity contribution in [1.29, 1.82) is 0 Å². The van der Waals surface area contributed by atoms with Crippen LogP contribution in [-0.2, 0) is 0 Å². The Morgan fingerprint density at radius 3 is 2.80 bits per heavy atom. The van der Waals surface area contributed by atoms with Gasteiger partial charge in [0, 0.05) is 17.5 Å². The van der Waals surface area contributed by atoms with Gasteiger partial charge in [-0.2, -0.15) is 0 Å². The van der Waals surface area contributed by atoms with Gasteiger partial charge in [0.05, 0.1) is 0 Å². The molecule has 1 aromatic carbocycles. The number of rotatable bonds is 2. The van der Waals surface area contributed by atoms with E-state index in [1.54, 1.807) is 0 Å². The minimum Gasteiger partial charge on any atom is -0.316 e. The first-order valence-electron chi connectivity index (χ1n) is 8.20. The van der Waals surface area contributed by atoms with Gasteiger partial charge >= 0.3 is 0 Å². The molecule has 1 saturated heterocycles. The van der Waals surface area contributed by atoms with Crippen molar-refractivity contribution in [2.45, 2.75) is 51.4 Å². The fourth-order valence-corrected chi connectivity index (χ4v) is 4.68. The van der Waals surface area contributed by atoms with Crippen LogP contribution in [0.15, 0.2) is 24.3 Å². The number of halogens is 1. The summed E-state index contributed by atoms with van der Waals surface area (Å²) in [6.07, 6.45) is 8.40. The van der Waals surface area contributed by atoms with Gasteiger partial charge in [0.15, 0.2) is 0 Å². The lowest BCUT2D eigenvalue weighted by Gasteiger charge is -2.49. The average Bonchev–Trinajstić information content (AvgIpc) is 2.49. The van der Waals surface area contributed by atoms with Gasteiger partial charge in [-0.15, -0.1) is 0 Å². The summed E-state index contributed by atoms with van der Waals surface area (Å²) in [6, 6.07) is 8.60. The summed E-state index contributed by atoms with van der Waals surface area (Å²) in [7, 11) is 0. The van der Waals surface area contributed by atoms with E-state index in [-0.39, 0.29) is 0 Å². The highest BCUT2D eigenvalue weighted by Gasteiger charge is 2.44. The number of piperidine rings is 1. The van der Waals surface area contributed by atoms with E-state index in [4.69, 9.17) is 11.6 Å². The van der Waals surface area contributed by atoms with Gasteiger partial charge in [0.25, 0.3) is 0 Å². The Bertz CT molecular complexity index is 437. The van der Waals surface area contributed by atoms with Gasteiger partial charge in [-0.25, -0.2) is 0 Å². The first-order chi connectivity index (χ1) is 9.73. The summed E-state index contributed by atoms with van der Waals surface area (Å²) < 4.78 is 0. The highest BCUT2D eigenvalue weighted by molar-refractivity contribution is 6.30. The Labute approximate surface area is 128 Å². The minimum atomic E-state index is 0.540. The zero-order valence-corrected chi connectivity index (χ0v) is 13.3. The molecule has 110 valence electrons. The molecule has 1 saturated carbocycles. The molecule has 2 heteroatoms. The molecule has 0 bridgehead atoms. The normalized spacial score (nSPS) is 34.3. The Kier molecular flexibility index (Phi) is 4.37. The van der Waals surface area contributed by atoms with E-state index in [2.05, 4.69) is 36.5 Å². The zero-order valence-electron chi connectivity index (χ0n) is 12.5. The molecule has 3 unspecified atom stereocenters. The van der Waals surface area contributed by atoms with Crippen LogP contribution in [0.4, 0.5) is 0 Å². The summed E-state index contributed by atoms with van der Waals surface area (Å²) in [5, 5.41) is 4.47. The predicted molar refractivity (Wildman–Crippen MR) is 86.4 cm³/mol. The van der Waals surface area contributed by atoms with Crippen LogP contribution in [0, 0.1) is 11.3 Å². The molecule has 2 fully saturated rings. The van der Waals surface area contributed by atoms with E-state index in [0.29, 0.717) is 11.3 Å². The summed E-state index contributed by atoms with van der Waals surface area (Å²) >= 11 is 6.06. The largest absolute Gasteiger partial charge is 0.316 e. The molecule has 0 aromatic heterocycles. The maximum absolute atomic E-state index is 6.06. The van der Waals surface area contributed by atoms with Gasteiger partial charge in [0.2, 0.25) is 0 Å². The fraction of sp³-hybridized carbons (Fsp3) is 0.667. The molecule has 1 N–H and O–H groups in total. The van der Waals surface area contributed by atoms with E-state index in [1.165, 1.54) is 50.6 Å². The van der Waals surface area contributed by atoms with Crippen molar-refractivity contribution in [3.8, 4) is 0 Å². The maximum atomic E-state index is 6.06. The van der Waals surface area contributed by atoms with Crippen molar-refractivity contribution >= 4 is 11.6 Å². The Morgan fingerprint density at radius 2 is 2.05 bits per heavy atom. The molecule has 1 aromatic rings. The van der Waals surface area contributed by atoms with Crippen molar-refractivity contribution in [2.75, 3.05) is 13.1 Å². The fourth-order valence-electron chi connectivity index (χ4n) is 4.55. The molecule has 20 heavy (non-hydrogen) atoms. The van der Waals surface area contributed by atoms with Crippen molar-refractivity contribution in [2.24, 2.45) is 11.3 Å². The molecule has 0 amide bonds. The second-order valence-corrected chi connectivity index (χ2v) is 7.23. The molecular weight excluding hydrogens is 266 g/mol. The first kappa shape index (κ1) is 14.4. The monoisotopic (exact) mass is 291 g/mol. The zero-order chi connectivity index (χ0) is 14.0. The second-order valence-electron chi connectivity index (χ2n) is 6.79. The third-order valence-electron chi connectivity index (χ3n) is 5.72. The lowest BCUT2D eigenvalue weighted by Crippen LogP contribution is -2.46. The molecule has 1 aliphatic carbocycles. The van der Waals surface area contributed by atoms with Gasteiger partial charge in [0.1, 0.15) is 0 Å². The predicted octanol–water partition coefficient (Wildman–Crippen LogP) is 5.00. The first-order valence-corrected chi connectivity index (χ1v) is 8.57. The number of nitrogens with one attached hydrogen (secondary N) is 1. The van der Waals surface area contributed by atoms with Gasteiger partial charge in [-0.1, -0.05) is 49.9 Å². The molecular formula is C18H26ClN. The Hall–Kier alpha value is -0.530. The van der Waals surface area contributed by atoms with Crippen LogP contribution in [0.1, 0.15) is 56.9 Å². The maximum Gasteiger partial charge on any atom is 0.0406 e. The number of benzene rings is 1. The molecule has 3 rings (SSSR count). The highest BCUT2D eigenvalue weighted by atomic mass is 35.5. The summed E-state index contributed by atoms with van der Waals surface area (Å²) in [6.45, 7) is 4.70. The van der Waals surface area contributed by atoms with Crippen molar-refractivity contribution in [3.05, 3.63) is 34.9 Å². The SMILES string of the molecule is CCC1CCCC2(CCNCC2c2ccc(Cl)cc2)C1. The lowest BCUT2D eigenvalue weighted by molar-refractivity contribution is 0.0689. The Balaban J connectivity index is 1.88. The standard InChI is InChI=1S/C18H26ClN/c1-2-14-4-3-9-18(12-14)10-11-20-13-17(18)15-5-7-16(19)8-6-15/h5-8,14,17,20H,2-4,9-13H2,1H3. The molecule has 1 nitrogen and oxygen atoms in total. The quantitative estimate of drug-likeness (QED) is 0.808. The number of hydrogen-bond acceptors (Lipinski definition) is 1. The van der Waals surface area contributed by atoms with Crippen molar-refractivity contribution in [1.82, 2.24) is 5.32 Å². The molecule has 1 aliphatic heterocycles. The van der Waals surface area contributed by atoms with Gasteiger partial charge in [-0.3, -0.25) is 0 Å². The minimum absolute atomic E-state index is 0.540. The molecule has 2 aliphatic rings. The van der Waals surface area contributed by atoms with Gasteiger partial charge < -0.3 is 5.32 Å². The Morgan fingerprint density at radius 1 is 1.25 bits per heavy atom. The average molecular weight is 292 g/mol. The van der Waals surface area contributed by atoms with E-state index in [1.807, 2.05) is 0 Å².